The first-order valence-corrected chi connectivity index (χ1v) is 14.9. The molecule has 0 aliphatic carbocycles. The number of hydrogen-bond acceptors (Lipinski definition) is 8. The van der Waals surface area contributed by atoms with Crippen molar-refractivity contribution in [2.24, 2.45) is 11.6 Å². The van der Waals surface area contributed by atoms with Crippen LogP contribution in [0.2, 0.25) is 0 Å². The molecule has 0 saturated heterocycles. The minimum atomic E-state index is -4.91. The second-order valence-electron chi connectivity index (χ2n) is 9.84. The van der Waals surface area contributed by atoms with Gasteiger partial charge in [0.15, 0.2) is 9.84 Å². The largest absolute Gasteiger partial charge is 0.573 e. The second kappa shape index (κ2) is 12.8. The quantitative estimate of drug-likeness (QED) is 0.127. The number of carbonyl (C=O) groups excluding carboxylic acids is 1. The molecule has 10 nitrogen and oxygen atoms in total. The molecule has 1 amide bonds. The van der Waals surface area contributed by atoms with E-state index in [0.29, 0.717) is 11.1 Å². The standard InChI is InChI=1S/C29H26F6N6O4S/c1-17-39-23(27(42)38-16-28(30,31)32)15-40(17)24-11-8-20(19-4-3-5-22(12-19)46(2,43)44)13-25(24)41(37)26(14-36)18-6-9-21(10-7-18)45-29(33,34)35/h3-15H,16,36-37H2,1-2H3,(H,38,42)/b26-14-. The summed E-state index contributed by atoms with van der Waals surface area (Å²) in [7, 11) is -3.57. The van der Waals surface area contributed by atoms with Crippen LogP contribution >= 0.6 is 0 Å². The number of anilines is 1. The summed E-state index contributed by atoms with van der Waals surface area (Å²) in [5.41, 5.74) is 7.35. The van der Waals surface area contributed by atoms with Gasteiger partial charge in [-0.05, 0) is 66.6 Å². The molecule has 46 heavy (non-hydrogen) atoms. The highest BCUT2D eigenvalue weighted by Gasteiger charge is 2.31. The number of halogens is 6. The molecule has 4 rings (SSSR count). The van der Waals surface area contributed by atoms with Gasteiger partial charge in [0.05, 0.1) is 22.0 Å². The third-order valence-electron chi connectivity index (χ3n) is 6.46. The zero-order valence-electron chi connectivity index (χ0n) is 24.0. The number of ether oxygens (including phenoxy) is 1. The Morgan fingerprint density at radius 1 is 1.02 bits per heavy atom. The summed E-state index contributed by atoms with van der Waals surface area (Å²) in [4.78, 5) is 16.6. The van der Waals surface area contributed by atoms with E-state index in [4.69, 9.17) is 11.6 Å². The summed E-state index contributed by atoms with van der Waals surface area (Å²) in [5, 5.41) is 2.85. The molecule has 0 atom stereocenters. The van der Waals surface area contributed by atoms with E-state index in [1.807, 2.05) is 0 Å². The lowest BCUT2D eigenvalue weighted by molar-refractivity contribution is -0.274. The Balaban J connectivity index is 1.83. The van der Waals surface area contributed by atoms with E-state index in [1.165, 1.54) is 42.0 Å². The highest BCUT2D eigenvalue weighted by Crippen LogP contribution is 2.35. The number of nitrogens with zero attached hydrogens (tertiary/aromatic N) is 3. The molecule has 1 aromatic heterocycles. The zero-order valence-corrected chi connectivity index (χ0v) is 24.8. The molecule has 0 unspecified atom stereocenters. The van der Waals surface area contributed by atoms with E-state index in [0.717, 1.165) is 29.6 Å². The Hall–Kier alpha value is -5.03. The maximum atomic E-state index is 12.7. The van der Waals surface area contributed by atoms with Gasteiger partial charge in [-0.15, -0.1) is 13.2 Å². The van der Waals surface area contributed by atoms with Gasteiger partial charge in [-0.2, -0.15) is 13.2 Å². The van der Waals surface area contributed by atoms with Crippen LogP contribution in [0.4, 0.5) is 32.0 Å². The summed E-state index contributed by atoms with van der Waals surface area (Å²) in [6.07, 6.45) is -6.21. The van der Waals surface area contributed by atoms with Crippen molar-refractivity contribution in [1.82, 2.24) is 14.9 Å². The Morgan fingerprint density at radius 3 is 2.26 bits per heavy atom. The lowest BCUT2D eigenvalue weighted by Gasteiger charge is -2.26. The number of amides is 1. The summed E-state index contributed by atoms with van der Waals surface area (Å²) in [6, 6.07) is 15.5. The number of hydrazine groups is 1. The number of sulfone groups is 1. The fourth-order valence-corrected chi connectivity index (χ4v) is 5.04. The van der Waals surface area contributed by atoms with Crippen LogP contribution in [0, 0.1) is 6.92 Å². The van der Waals surface area contributed by atoms with Gasteiger partial charge in [0.2, 0.25) is 0 Å². The van der Waals surface area contributed by atoms with Crippen LogP contribution in [-0.2, 0) is 9.84 Å². The molecule has 4 aromatic rings. The number of aryl methyl sites for hydroxylation is 1. The molecular weight excluding hydrogens is 642 g/mol. The molecule has 17 heteroatoms. The first-order valence-electron chi connectivity index (χ1n) is 13.0. The Morgan fingerprint density at radius 2 is 1.67 bits per heavy atom. The monoisotopic (exact) mass is 668 g/mol. The van der Waals surface area contributed by atoms with Crippen molar-refractivity contribution in [3.8, 4) is 22.6 Å². The number of rotatable bonds is 9. The van der Waals surface area contributed by atoms with E-state index in [2.05, 4.69) is 9.72 Å². The molecule has 0 fully saturated rings. The Kier molecular flexibility index (Phi) is 9.39. The van der Waals surface area contributed by atoms with E-state index < -0.39 is 40.6 Å². The average Bonchev–Trinajstić information content (AvgIpc) is 3.36. The van der Waals surface area contributed by atoms with E-state index in [1.54, 1.807) is 35.6 Å². The third-order valence-corrected chi connectivity index (χ3v) is 7.57. The first kappa shape index (κ1) is 33.9. The number of nitrogens with two attached hydrogens (primary N) is 2. The molecule has 3 aromatic carbocycles. The van der Waals surface area contributed by atoms with Gasteiger partial charge < -0.3 is 20.4 Å². The van der Waals surface area contributed by atoms with Crippen molar-refractivity contribution in [2.75, 3.05) is 17.8 Å². The SMILES string of the molecule is Cc1nc(C(=O)NCC(F)(F)F)cn1-c1ccc(-c2cccc(S(C)(=O)=O)c2)cc1N(N)/C(=C\N)c1ccc(OC(F)(F)F)cc1. The van der Waals surface area contributed by atoms with Crippen LogP contribution in [0.3, 0.4) is 0 Å². The van der Waals surface area contributed by atoms with Crippen molar-refractivity contribution in [3.63, 3.8) is 0 Å². The third kappa shape index (κ3) is 8.16. The van der Waals surface area contributed by atoms with Crippen molar-refractivity contribution in [3.05, 3.63) is 96.2 Å². The molecule has 0 aliphatic heterocycles. The van der Waals surface area contributed by atoms with Gasteiger partial charge in [-0.3, -0.25) is 9.80 Å². The van der Waals surface area contributed by atoms with Crippen molar-refractivity contribution >= 4 is 27.1 Å². The van der Waals surface area contributed by atoms with Gasteiger partial charge in [-0.1, -0.05) is 18.2 Å². The number of carbonyl (C=O) groups is 1. The lowest BCUT2D eigenvalue weighted by atomic mass is 10.0. The molecule has 244 valence electrons. The highest BCUT2D eigenvalue weighted by molar-refractivity contribution is 7.90. The lowest BCUT2D eigenvalue weighted by Crippen LogP contribution is -2.33. The van der Waals surface area contributed by atoms with Crippen LogP contribution < -0.4 is 26.6 Å². The summed E-state index contributed by atoms with van der Waals surface area (Å²) < 4.78 is 106. The average molecular weight is 669 g/mol. The number of hydrogen-bond donors (Lipinski definition) is 3. The summed E-state index contributed by atoms with van der Waals surface area (Å²) in [6.45, 7) is -0.0774. The Bertz CT molecular complexity index is 1890. The van der Waals surface area contributed by atoms with E-state index in [9.17, 15) is 39.6 Å². The molecule has 0 bridgehead atoms. The molecule has 5 N–H and O–H groups in total. The van der Waals surface area contributed by atoms with Gasteiger partial charge in [0.1, 0.15) is 23.8 Å². The molecular formula is C29H26F6N6O4S. The summed E-state index contributed by atoms with van der Waals surface area (Å²) >= 11 is 0. The van der Waals surface area contributed by atoms with Crippen LogP contribution in [-0.4, -0.2) is 49.2 Å². The minimum absolute atomic E-state index is 0.0453. The van der Waals surface area contributed by atoms with E-state index >= 15 is 0 Å². The van der Waals surface area contributed by atoms with Gasteiger partial charge in [0.25, 0.3) is 5.91 Å². The molecule has 0 saturated carbocycles. The van der Waals surface area contributed by atoms with Crippen LogP contribution in [0.5, 0.6) is 5.75 Å². The predicted molar refractivity (Wildman–Crippen MR) is 157 cm³/mol. The molecule has 0 radical (unpaired) electrons. The number of benzene rings is 3. The predicted octanol–water partition coefficient (Wildman–Crippen LogP) is 5.08. The van der Waals surface area contributed by atoms with Gasteiger partial charge in [0, 0.05) is 24.2 Å². The molecule has 1 heterocycles. The number of alkyl halides is 6. The maximum absolute atomic E-state index is 12.7. The van der Waals surface area contributed by atoms with E-state index in [-0.39, 0.29) is 39.0 Å². The minimum Gasteiger partial charge on any atom is -0.406 e. The van der Waals surface area contributed by atoms with Crippen LogP contribution in [0.1, 0.15) is 21.9 Å². The second-order valence-corrected chi connectivity index (χ2v) is 11.9. The number of nitrogens with one attached hydrogen (secondary N) is 1. The van der Waals surface area contributed by atoms with Crippen molar-refractivity contribution in [2.45, 2.75) is 24.4 Å². The fourth-order valence-electron chi connectivity index (χ4n) is 4.38. The van der Waals surface area contributed by atoms with Crippen LogP contribution in [0.15, 0.2) is 84.0 Å². The van der Waals surface area contributed by atoms with Crippen molar-refractivity contribution in [1.29, 1.82) is 0 Å². The van der Waals surface area contributed by atoms with Gasteiger partial charge in [-0.25, -0.2) is 19.2 Å². The topological polar surface area (TPSA) is 146 Å². The maximum Gasteiger partial charge on any atom is 0.573 e. The van der Waals surface area contributed by atoms with Crippen LogP contribution in [0.25, 0.3) is 22.5 Å². The normalized spacial score (nSPS) is 12.6. The zero-order chi connectivity index (χ0) is 34.0. The van der Waals surface area contributed by atoms with Gasteiger partial charge >= 0.3 is 12.5 Å². The number of imidazole rings is 1. The smallest absolute Gasteiger partial charge is 0.406 e. The Labute approximate surface area is 258 Å². The fraction of sp³-hybridized carbons (Fsp3) is 0.172. The highest BCUT2D eigenvalue weighted by atomic mass is 32.2. The first-order chi connectivity index (χ1) is 21.4. The van der Waals surface area contributed by atoms with Crippen molar-refractivity contribution < 1.29 is 44.3 Å². The molecule has 0 aliphatic rings. The molecule has 0 spiro atoms. The number of aromatic nitrogens is 2. The summed E-state index contributed by atoms with van der Waals surface area (Å²) in [5.74, 6) is 5.17.